The SMILES string of the molecule is CSc1ccc(NC(=S)Nc2ccc(F)cc2)cc1. The van der Waals surface area contributed by atoms with Gasteiger partial charge >= 0.3 is 0 Å². The number of halogens is 1. The second kappa shape index (κ2) is 6.54. The number of anilines is 2. The quantitative estimate of drug-likeness (QED) is 0.648. The zero-order valence-electron chi connectivity index (χ0n) is 10.3. The van der Waals surface area contributed by atoms with Crippen LogP contribution in [0.5, 0.6) is 0 Å². The average Bonchev–Trinajstić information content (AvgIpc) is 2.42. The van der Waals surface area contributed by atoms with Crippen molar-refractivity contribution in [2.45, 2.75) is 4.90 Å². The Morgan fingerprint density at radius 1 is 0.947 bits per heavy atom. The minimum atomic E-state index is -0.267. The van der Waals surface area contributed by atoms with Crippen LogP contribution < -0.4 is 10.6 Å². The summed E-state index contributed by atoms with van der Waals surface area (Å²) in [7, 11) is 0. The molecule has 2 aromatic carbocycles. The van der Waals surface area contributed by atoms with E-state index in [1.807, 2.05) is 30.5 Å². The highest BCUT2D eigenvalue weighted by Crippen LogP contribution is 2.17. The lowest BCUT2D eigenvalue weighted by molar-refractivity contribution is 0.628. The van der Waals surface area contributed by atoms with Crippen LogP contribution >= 0.6 is 24.0 Å². The molecule has 19 heavy (non-hydrogen) atoms. The summed E-state index contributed by atoms with van der Waals surface area (Å²) >= 11 is 6.88. The van der Waals surface area contributed by atoms with Gasteiger partial charge < -0.3 is 10.6 Å². The van der Waals surface area contributed by atoms with Gasteiger partial charge in [0.25, 0.3) is 0 Å². The Morgan fingerprint density at radius 3 is 1.89 bits per heavy atom. The first-order valence-corrected chi connectivity index (χ1v) is 7.28. The summed E-state index contributed by atoms with van der Waals surface area (Å²) in [4.78, 5) is 1.20. The largest absolute Gasteiger partial charge is 0.332 e. The zero-order valence-corrected chi connectivity index (χ0v) is 11.9. The lowest BCUT2D eigenvalue weighted by Gasteiger charge is -2.10. The van der Waals surface area contributed by atoms with Crippen molar-refractivity contribution in [1.82, 2.24) is 0 Å². The van der Waals surface area contributed by atoms with Crippen LogP contribution in [0.25, 0.3) is 0 Å². The molecule has 2 rings (SSSR count). The fourth-order valence-electron chi connectivity index (χ4n) is 1.50. The highest BCUT2D eigenvalue weighted by atomic mass is 32.2. The minimum Gasteiger partial charge on any atom is -0.332 e. The predicted molar refractivity (Wildman–Crippen MR) is 84.5 cm³/mol. The molecular weight excluding hydrogens is 279 g/mol. The number of thiocarbonyl (C=S) groups is 1. The van der Waals surface area contributed by atoms with Crippen LogP contribution in [0.2, 0.25) is 0 Å². The van der Waals surface area contributed by atoms with E-state index < -0.39 is 0 Å². The van der Waals surface area contributed by atoms with Gasteiger partial charge in [0, 0.05) is 16.3 Å². The summed E-state index contributed by atoms with van der Waals surface area (Å²) in [6, 6.07) is 14.0. The fraction of sp³-hybridized carbons (Fsp3) is 0.0714. The van der Waals surface area contributed by atoms with E-state index in [4.69, 9.17) is 12.2 Å². The van der Waals surface area contributed by atoms with Crippen LogP contribution in [0, 0.1) is 5.82 Å². The van der Waals surface area contributed by atoms with E-state index in [9.17, 15) is 4.39 Å². The Labute approximate surface area is 121 Å². The lowest BCUT2D eigenvalue weighted by Crippen LogP contribution is -2.18. The summed E-state index contributed by atoms with van der Waals surface area (Å²) in [5, 5.41) is 6.54. The van der Waals surface area contributed by atoms with E-state index >= 15 is 0 Å². The monoisotopic (exact) mass is 292 g/mol. The van der Waals surface area contributed by atoms with Crippen molar-refractivity contribution in [3.63, 3.8) is 0 Å². The summed E-state index contributed by atoms with van der Waals surface area (Å²) in [5.41, 5.74) is 1.66. The summed E-state index contributed by atoms with van der Waals surface area (Å²) in [6.07, 6.45) is 2.03. The molecule has 0 aliphatic rings. The number of nitrogens with one attached hydrogen (secondary N) is 2. The van der Waals surface area contributed by atoms with Gasteiger partial charge in [-0.1, -0.05) is 0 Å². The third kappa shape index (κ3) is 4.22. The van der Waals surface area contributed by atoms with E-state index in [-0.39, 0.29) is 5.82 Å². The first-order chi connectivity index (χ1) is 9.17. The molecule has 0 aliphatic heterocycles. The van der Waals surface area contributed by atoms with Gasteiger partial charge in [-0.05, 0) is 67.0 Å². The van der Waals surface area contributed by atoms with Gasteiger partial charge in [0.2, 0.25) is 0 Å². The molecule has 0 aliphatic carbocycles. The van der Waals surface area contributed by atoms with Crippen LogP contribution in [0.1, 0.15) is 0 Å². The molecule has 0 fully saturated rings. The Morgan fingerprint density at radius 2 is 1.42 bits per heavy atom. The Kier molecular flexibility index (Phi) is 4.76. The molecule has 0 saturated heterocycles. The highest BCUT2D eigenvalue weighted by molar-refractivity contribution is 7.98. The van der Waals surface area contributed by atoms with Gasteiger partial charge in [0.05, 0.1) is 0 Å². The van der Waals surface area contributed by atoms with E-state index in [0.29, 0.717) is 5.11 Å². The molecule has 0 spiro atoms. The lowest BCUT2D eigenvalue weighted by atomic mass is 10.3. The molecule has 2 N–H and O–H groups in total. The highest BCUT2D eigenvalue weighted by Gasteiger charge is 1.99. The second-order valence-electron chi connectivity index (χ2n) is 3.81. The van der Waals surface area contributed by atoms with Crippen LogP contribution in [0.4, 0.5) is 15.8 Å². The van der Waals surface area contributed by atoms with Crippen molar-refractivity contribution in [2.24, 2.45) is 0 Å². The van der Waals surface area contributed by atoms with Crippen LogP contribution in [-0.4, -0.2) is 11.4 Å². The molecule has 0 saturated carbocycles. The second-order valence-corrected chi connectivity index (χ2v) is 5.10. The van der Waals surface area contributed by atoms with Gasteiger partial charge in [-0.3, -0.25) is 0 Å². The van der Waals surface area contributed by atoms with Gasteiger partial charge in [-0.15, -0.1) is 11.8 Å². The molecule has 0 unspecified atom stereocenters. The van der Waals surface area contributed by atoms with Gasteiger partial charge in [0.15, 0.2) is 5.11 Å². The molecule has 5 heteroatoms. The Balaban J connectivity index is 1.95. The van der Waals surface area contributed by atoms with Gasteiger partial charge in [-0.2, -0.15) is 0 Å². The fourth-order valence-corrected chi connectivity index (χ4v) is 2.14. The summed E-state index contributed by atoms with van der Waals surface area (Å²) < 4.78 is 12.8. The number of rotatable bonds is 3. The maximum absolute atomic E-state index is 12.8. The number of benzene rings is 2. The van der Waals surface area contributed by atoms with E-state index in [2.05, 4.69) is 10.6 Å². The number of hydrogen-bond donors (Lipinski definition) is 2. The molecule has 0 bridgehead atoms. The topological polar surface area (TPSA) is 24.1 Å². The molecule has 0 heterocycles. The maximum atomic E-state index is 12.8. The van der Waals surface area contributed by atoms with E-state index in [1.165, 1.54) is 17.0 Å². The molecule has 2 nitrogen and oxygen atoms in total. The first kappa shape index (κ1) is 13.8. The Hall–Kier alpha value is -1.59. The molecule has 0 radical (unpaired) electrons. The van der Waals surface area contributed by atoms with Crippen molar-refractivity contribution in [3.05, 3.63) is 54.3 Å². The minimum absolute atomic E-state index is 0.267. The van der Waals surface area contributed by atoms with E-state index in [0.717, 1.165) is 11.4 Å². The molecule has 0 aromatic heterocycles. The smallest absolute Gasteiger partial charge is 0.175 e. The van der Waals surface area contributed by atoms with Crippen molar-refractivity contribution in [2.75, 3.05) is 16.9 Å². The summed E-state index contributed by atoms with van der Waals surface area (Å²) in [5.74, 6) is -0.267. The van der Waals surface area contributed by atoms with Gasteiger partial charge in [0.1, 0.15) is 5.82 Å². The van der Waals surface area contributed by atoms with Crippen molar-refractivity contribution >= 4 is 40.5 Å². The van der Waals surface area contributed by atoms with Crippen LogP contribution in [-0.2, 0) is 0 Å². The molecule has 0 atom stereocenters. The normalized spacial score (nSPS) is 10.0. The average molecular weight is 292 g/mol. The van der Waals surface area contributed by atoms with Crippen molar-refractivity contribution < 1.29 is 4.39 Å². The molecule has 2 aromatic rings. The number of thioether (sulfide) groups is 1. The first-order valence-electron chi connectivity index (χ1n) is 5.65. The van der Waals surface area contributed by atoms with Crippen LogP contribution in [0.15, 0.2) is 53.4 Å². The predicted octanol–water partition coefficient (Wildman–Crippen LogP) is 4.36. The third-order valence-electron chi connectivity index (χ3n) is 2.45. The maximum Gasteiger partial charge on any atom is 0.175 e. The van der Waals surface area contributed by atoms with Crippen LogP contribution in [0.3, 0.4) is 0 Å². The van der Waals surface area contributed by atoms with Crippen molar-refractivity contribution in [3.8, 4) is 0 Å². The molecule has 98 valence electrons. The standard InChI is InChI=1S/C14H13FN2S2/c1-19-13-8-6-12(7-9-13)17-14(18)16-11-4-2-10(15)3-5-11/h2-9H,1H3,(H2,16,17,18). The van der Waals surface area contributed by atoms with Crippen molar-refractivity contribution in [1.29, 1.82) is 0 Å². The van der Waals surface area contributed by atoms with E-state index in [1.54, 1.807) is 23.9 Å². The summed E-state index contributed by atoms with van der Waals surface area (Å²) in [6.45, 7) is 0. The zero-order chi connectivity index (χ0) is 13.7. The Bertz CT molecular complexity index is 553. The molecular formula is C14H13FN2S2. The van der Waals surface area contributed by atoms with Gasteiger partial charge in [-0.25, -0.2) is 4.39 Å². The third-order valence-corrected chi connectivity index (χ3v) is 3.40. The molecule has 0 amide bonds. The number of hydrogen-bond acceptors (Lipinski definition) is 2.